The summed E-state index contributed by atoms with van der Waals surface area (Å²) in [6, 6.07) is 6.83. The lowest BCUT2D eigenvalue weighted by Gasteiger charge is -2.30. The quantitative estimate of drug-likeness (QED) is 0.903. The van der Waals surface area contributed by atoms with E-state index < -0.39 is 0 Å². The van der Waals surface area contributed by atoms with Crippen LogP contribution in [-0.4, -0.2) is 13.2 Å². The number of benzene rings is 1. The van der Waals surface area contributed by atoms with E-state index in [4.69, 9.17) is 4.74 Å². The van der Waals surface area contributed by atoms with Gasteiger partial charge in [0.05, 0.1) is 7.11 Å². The molecule has 1 aromatic carbocycles. The number of hydrogen-bond acceptors (Lipinski definition) is 2. The molecule has 0 aliphatic heterocycles. The lowest BCUT2D eigenvalue weighted by atomic mass is 9.86. The second kappa shape index (κ2) is 6.58. The van der Waals surface area contributed by atoms with Gasteiger partial charge in [-0.05, 0) is 37.0 Å². The summed E-state index contributed by atoms with van der Waals surface area (Å²) in [6.07, 6.45) is 5.40. The summed E-state index contributed by atoms with van der Waals surface area (Å²) in [4.78, 5) is 0. The van der Waals surface area contributed by atoms with E-state index in [1.165, 1.54) is 31.2 Å². The van der Waals surface area contributed by atoms with Crippen molar-refractivity contribution in [2.24, 2.45) is 5.92 Å². The molecule has 1 aromatic rings. The van der Waals surface area contributed by atoms with E-state index in [0.717, 1.165) is 22.7 Å². The largest absolute Gasteiger partial charge is 0.496 e. The highest BCUT2D eigenvalue weighted by atomic mass is 79.9. The third kappa shape index (κ3) is 3.48. The zero-order chi connectivity index (χ0) is 13.0. The Morgan fingerprint density at radius 2 is 2.11 bits per heavy atom. The first-order valence-electron chi connectivity index (χ1n) is 6.76. The molecule has 1 saturated carbocycles. The van der Waals surface area contributed by atoms with E-state index in [0.29, 0.717) is 6.04 Å². The second-order valence-corrected chi connectivity index (χ2v) is 6.12. The van der Waals surface area contributed by atoms with Gasteiger partial charge in [0.25, 0.3) is 0 Å². The maximum absolute atomic E-state index is 5.41. The van der Waals surface area contributed by atoms with Crippen LogP contribution in [0.15, 0.2) is 22.7 Å². The van der Waals surface area contributed by atoms with Crippen molar-refractivity contribution in [1.82, 2.24) is 5.32 Å². The summed E-state index contributed by atoms with van der Waals surface area (Å²) in [7, 11) is 1.73. The van der Waals surface area contributed by atoms with Gasteiger partial charge < -0.3 is 10.1 Å². The number of nitrogens with one attached hydrogen (secondary N) is 1. The molecule has 18 heavy (non-hydrogen) atoms. The van der Waals surface area contributed by atoms with Crippen LogP contribution in [0.5, 0.6) is 5.75 Å². The van der Waals surface area contributed by atoms with Crippen LogP contribution in [0.2, 0.25) is 0 Å². The molecule has 0 spiro atoms. The van der Waals surface area contributed by atoms with E-state index in [2.05, 4.69) is 34.2 Å². The topological polar surface area (TPSA) is 21.3 Å². The van der Waals surface area contributed by atoms with Crippen molar-refractivity contribution in [3.63, 3.8) is 0 Å². The molecule has 0 saturated heterocycles. The van der Waals surface area contributed by atoms with Crippen LogP contribution in [0.3, 0.4) is 0 Å². The van der Waals surface area contributed by atoms with E-state index in [1.54, 1.807) is 7.11 Å². The van der Waals surface area contributed by atoms with Gasteiger partial charge in [-0.25, -0.2) is 0 Å². The van der Waals surface area contributed by atoms with Gasteiger partial charge in [0.1, 0.15) is 5.75 Å². The first-order valence-corrected chi connectivity index (χ1v) is 7.56. The summed E-state index contributed by atoms with van der Waals surface area (Å²) >= 11 is 3.52. The summed E-state index contributed by atoms with van der Waals surface area (Å²) in [5, 5.41) is 3.69. The van der Waals surface area contributed by atoms with Gasteiger partial charge in [-0.15, -0.1) is 0 Å². The number of ether oxygens (including phenoxy) is 1. The van der Waals surface area contributed by atoms with Gasteiger partial charge in [-0.1, -0.05) is 35.7 Å². The summed E-state index contributed by atoms with van der Waals surface area (Å²) < 4.78 is 6.51. The number of hydrogen-bond donors (Lipinski definition) is 1. The highest BCUT2D eigenvalue weighted by molar-refractivity contribution is 9.10. The molecule has 1 aliphatic rings. The molecule has 0 heterocycles. The predicted octanol–water partition coefficient (Wildman–Crippen LogP) is 4.13. The van der Waals surface area contributed by atoms with Crippen LogP contribution in [0.25, 0.3) is 0 Å². The molecule has 2 atom stereocenters. The molecular formula is C15H22BrNO. The van der Waals surface area contributed by atoms with Crippen molar-refractivity contribution in [2.45, 2.75) is 45.2 Å². The van der Waals surface area contributed by atoms with E-state index in [1.807, 2.05) is 12.1 Å². The fourth-order valence-electron chi connectivity index (χ4n) is 2.75. The Labute approximate surface area is 118 Å². The minimum absolute atomic E-state index is 0.655. The van der Waals surface area contributed by atoms with Crippen molar-refractivity contribution in [2.75, 3.05) is 7.11 Å². The number of halogens is 1. The van der Waals surface area contributed by atoms with Gasteiger partial charge in [0, 0.05) is 22.6 Å². The molecule has 0 bridgehead atoms. The molecular weight excluding hydrogens is 290 g/mol. The predicted molar refractivity (Wildman–Crippen MR) is 79.0 cm³/mol. The van der Waals surface area contributed by atoms with Crippen molar-refractivity contribution in [3.8, 4) is 5.75 Å². The van der Waals surface area contributed by atoms with Gasteiger partial charge in [-0.3, -0.25) is 0 Å². The summed E-state index contributed by atoms with van der Waals surface area (Å²) in [5.74, 6) is 1.76. The minimum Gasteiger partial charge on any atom is -0.496 e. The third-order valence-electron chi connectivity index (χ3n) is 3.91. The van der Waals surface area contributed by atoms with Gasteiger partial charge >= 0.3 is 0 Å². The van der Waals surface area contributed by atoms with Crippen molar-refractivity contribution in [3.05, 3.63) is 28.2 Å². The molecule has 2 unspecified atom stereocenters. The molecule has 2 nitrogen and oxygen atoms in total. The SMILES string of the molecule is COc1ccc(Br)cc1CNC1CCCCC1C. The van der Waals surface area contributed by atoms with Gasteiger partial charge in [-0.2, -0.15) is 0 Å². The molecule has 1 N–H and O–H groups in total. The maximum atomic E-state index is 5.41. The average molecular weight is 312 g/mol. The summed E-state index contributed by atoms with van der Waals surface area (Å²) in [5.41, 5.74) is 1.23. The Hall–Kier alpha value is -0.540. The Kier molecular flexibility index (Phi) is 5.07. The fraction of sp³-hybridized carbons (Fsp3) is 0.600. The van der Waals surface area contributed by atoms with Crippen molar-refractivity contribution < 1.29 is 4.74 Å². The zero-order valence-corrected chi connectivity index (χ0v) is 12.8. The fourth-order valence-corrected chi connectivity index (χ4v) is 3.15. The first-order chi connectivity index (χ1) is 8.70. The molecule has 0 aromatic heterocycles. The molecule has 0 amide bonds. The highest BCUT2D eigenvalue weighted by Crippen LogP contribution is 2.26. The lowest BCUT2D eigenvalue weighted by Crippen LogP contribution is -2.36. The number of methoxy groups -OCH3 is 1. The monoisotopic (exact) mass is 311 g/mol. The molecule has 0 radical (unpaired) electrons. The van der Waals surface area contributed by atoms with E-state index >= 15 is 0 Å². The molecule has 2 rings (SSSR count). The molecule has 1 fully saturated rings. The van der Waals surface area contributed by atoms with E-state index in [-0.39, 0.29) is 0 Å². The first kappa shape index (κ1) is 13.9. The van der Waals surface area contributed by atoms with Gasteiger partial charge in [0.15, 0.2) is 0 Å². The van der Waals surface area contributed by atoms with E-state index in [9.17, 15) is 0 Å². The van der Waals surface area contributed by atoms with Gasteiger partial charge in [0.2, 0.25) is 0 Å². The maximum Gasteiger partial charge on any atom is 0.123 e. The van der Waals surface area contributed by atoms with Crippen LogP contribution in [0.1, 0.15) is 38.2 Å². The van der Waals surface area contributed by atoms with Crippen molar-refractivity contribution >= 4 is 15.9 Å². The standard InChI is InChI=1S/C15H22BrNO/c1-11-5-3-4-6-14(11)17-10-12-9-13(16)7-8-15(12)18-2/h7-9,11,14,17H,3-6,10H2,1-2H3. The van der Waals surface area contributed by atoms with Crippen LogP contribution in [0, 0.1) is 5.92 Å². The van der Waals surface area contributed by atoms with Crippen LogP contribution in [-0.2, 0) is 6.54 Å². The number of rotatable bonds is 4. The lowest BCUT2D eigenvalue weighted by molar-refractivity contribution is 0.278. The molecule has 1 aliphatic carbocycles. The zero-order valence-electron chi connectivity index (χ0n) is 11.2. The average Bonchev–Trinajstić information content (AvgIpc) is 2.38. The van der Waals surface area contributed by atoms with Crippen LogP contribution in [0.4, 0.5) is 0 Å². The minimum atomic E-state index is 0.655. The molecule has 3 heteroatoms. The second-order valence-electron chi connectivity index (χ2n) is 5.21. The van der Waals surface area contributed by atoms with Crippen LogP contribution >= 0.6 is 15.9 Å². The Bertz CT molecular complexity index is 394. The molecule has 100 valence electrons. The summed E-state index contributed by atoms with van der Waals surface area (Å²) in [6.45, 7) is 3.24. The van der Waals surface area contributed by atoms with Crippen LogP contribution < -0.4 is 10.1 Å². The Morgan fingerprint density at radius 1 is 1.33 bits per heavy atom. The Morgan fingerprint density at radius 3 is 2.83 bits per heavy atom. The van der Waals surface area contributed by atoms with Crippen molar-refractivity contribution in [1.29, 1.82) is 0 Å². The Balaban J connectivity index is 1.98. The smallest absolute Gasteiger partial charge is 0.123 e. The highest BCUT2D eigenvalue weighted by Gasteiger charge is 2.20. The normalized spacial score (nSPS) is 23.9. The third-order valence-corrected chi connectivity index (χ3v) is 4.40.